The third-order valence-corrected chi connectivity index (χ3v) is 13.8. The third kappa shape index (κ3) is 9.73. The fourth-order valence-electron chi connectivity index (χ4n) is 9.39. The van der Waals surface area contributed by atoms with Crippen LogP contribution in [-0.4, -0.2) is 127 Å². The number of rotatable bonds is 15. The van der Waals surface area contributed by atoms with E-state index in [1.165, 1.54) is 39.8 Å². The van der Waals surface area contributed by atoms with Crippen molar-refractivity contribution in [3.05, 3.63) is 75.5 Å². The first-order valence-electron chi connectivity index (χ1n) is 21.1. The molecule has 7 rings (SSSR count). The summed E-state index contributed by atoms with van der Waals surface area (Å²) >= 11 is 14.0. The van der Waals surface area contributed by atoms with Gasteiger partial charge in [-0.3, -0.25) is 14.5 Å². The van der Waals surface area contributed by atoms with E-state index in [1.807, 2.05) is 12.1 Å². The molecule has 0 aliphatic carbocycles. The molecule has 5 heterocycles. The van der Waals surface area contributed by atoms with E-state index in [-0.39, 0.29) is 18.2 Å². The lowest BCUT2D eigenvalue weighted by molar-refractivity contribution is -0.121. The van der Waals surface area contributed by atoms with Crippen LogP contribution in [0.25, 0.3) is 5.57 Å². The average Bonchev–Trinajstić information content (AvgIpc) is 3.57. The molecule has 0 radical (unpaired) electrons. The molecule has 14 heteroatoms. The van der Waals surface area contributed by atoms with Crippen molar-refractivity contribution in [3.8, 4) is 5.75 Å². The first-order valence-corrected chi connectivity index (χ1v) is 22.4. The lowest BCUT2D eigenvalue weighted by Gasteiger charge is -2.39. The van der Waals surface area contributed by atoms with Gasteiger partial charge in [0.25, 0.3) is 5.91 Å². The number of piperidine rings is 1. The number of nitrogens with zero attached hydrogens (tertiary/aromatic N) is 5. The van der Waals surface area contributed by atoms with Gasteiger partial charge in [0.2, 0.25) is 5.91 Å². The number of allylic oxidation sites excluding steroid dienone is 1. The van der Waals surface area contributed by atoms with Crippen LogP contribution in [0.4, 0.5) is 5.69 Å². The topological polar surface area (TPSA) is 101 Å². The molecule has 1 unspecified atom stereocenters. The number of thiol groups is 3. The minimum absolute atomic E-state index is 0.120. The van der Waals surface area contributed by atoms with Gasteiger partial charge in [-0.25, -0.2) is 0 Å². The molecule has 5 aliphatic heterocycles. The minimum atomic E-state index is -0.863. The predicted molar refractivity (Wildman–Crippen MR) is 242 cm³/mol. The first-order chi connectivity index (χ1) is 28.0. The number of hydrogen-bond acceptors (Lipinski definition) is 12. The van der Waals surface area contributed by atoms with Crippen LogP contribution in [0.3, 0.4) is 0 Å². The van der Waals surface area contributed by atoms with Gasteiger partial charge < -0.3 is 39.8 Å². The summed E-state index contributed by atoms with van der Waals surface area (Å²) in [5.41, 5.74) is 10.5. The highest BCUT2D eigenvalue weighted by molar-refractivity contribution is 8.16. The van der Waals surface area contributed by atoms with Crippen LogP contribution >= 0.6 is 37.9 Å². The van der Waals surface area contributed by atoms with E-state index in [0.717, 1.165) is 121 Å². The van der Waals surface area contributed by atoms with Crippen molar-refractivity contribution >= 4 is 67.2 Å². The summed E-state index contributed by atoms with van der Waals surface area (Å²) < 4.78 is 5.26. The SMILES string of the molecule is CCc1cc(C2=CN(C(S)(S)S)CC3=C2CCNC3)cc(OC)c1CN1CCN(CCC2CCN(c3ccc4c(c3)C(=O)N(C(C=O)CCC(=O)NC)C4)CC2)CC1. The number of nitrogens with one attached hydrogen (secondary N) is 2. The fraction of sp³-hybridized carbons (Fsp3) is 0.568. The number of aldehydes is 1. The highest BCUT2D eigenvalue weighted by atomic mass is 32.2. The highest BCUT2D eigenvalue weighted by Crippen LogP contribution is 2.42. The molecule has 11 nitrogen and oxygen atoms in total. The van der Waals surface area contributed by atoms with Crippen molar-refractivity contribution in [2.45, 2.75) is 74.5 Å². The van der Waals surface area contributed by atoms with Crippen molar-refractivity contribution in [2.24, 2.45) is 5.92 Å². The summed E-state index contributed by atoms with van der Waals surface area (Å²) in [6, 6.07) is 10.2. The lowest BCUT2D eigenvalue weighted by Crippen LogP contribution is -2.46. The smallest absolute Gasteiger partial charge is 0.255 e. The molecule has 0 bridgehead atoms. The molecule has 314 valence electrons. The number of benzene rings is 2. The van der Waals surface area contributed by atoms with Crippen LogP contribution in [0.15, 0.2) is 47.7 Å². The number of carbonyl (C=O) groups is 3. The van der Waals surface area contributed by atoms with Crippen molar-refractivity contribution in [1.29, 1.82) is 0 Å². The van der Waals surface area contributed by atoms with Crippen molar-refractivity contribution in [2.75, 3.05) is 84.5 Å². The van der Waals surface area contributed by atoms with Crippen LogP contribution in [-0.2, 0) is 29.1 Å². The summed E-state index contributed by atoms with van der Waals surface area (Å²) in [6.07, 6.45) is 8.94. The van der Waals surface area contributed by atoms with Crippen molar-refractivity contribution < 1.29 is 19.1 Å². The number of amides is 2. The maximum atomic E-state index is 13.4. The van der Waals surface area contributed by atoms with Gasteiger partial charge in [0.1, 0.15) is 12.0 Å². The van der Waals surface area contributed by atoms with Crippen LogP contribution in [0.2, 0.25) is 0 Å². The zero-order valence-electron chi connectivity index (χ0n) is 34.3. The van der Waals surface area contributed by atoms with Gasteiger partial charge >= 0.3 is 0 Å². The maximum Gasteiger partial charge on any atom is 0.255 e. The van der Waals surface area contributed by atoms with E-state index >= 15 is 0 Å². The van der Waals surface area contributed by atoms with Crippen molar-refractivity contribution in [1.82, 2.24) is 30.2 Å². The number of anilines is 1. The summed E-state index contributed by atoms with van der Waals surface area (Å²) in [6.45, 7) is 13.5. The molecule has 2 aromatic carbocycles. The highest BCUT2D eigenvalue weighted by Gasteiger charge is 2.34. The Balaban J connectivity index is 0.894. The van der Waals surface area contributed by atoms with Gasteiger partial charge in [0, 0.05) is 108 Å². The molecule has 2 saturated heterocycles. The summed E-state index contributed by atoms with van der Waals surface area (Å²) in [5, 5.41) is 6.12. The maximum absolute atomic E-state index is 13.4. The van der Waals surface area contributed by atoms with Crippen LogP contribution in [0.5, 0.6) is 5.75 Å². The van der Waals surface area contributed by atoms with Gasteiger partial charge in [-0.15, -0.1) is 37.9 Å². The average molecular weight is 848 g/mol. The Morgan fingerprint density at radius 2 is 1.81 bits per heavy atom. The van der Waals surface area contributed by atoms with Gasteiger partial charge in [0.05, 0.1) is 13.2 Å². The standard InChI is InChI=1S/C44H61N7O4S3/c1-4-31-21-33(39-28-50(44(56,57)58)25-34-24-46-13-9-37(34)39)22-41(55-3)40(31)27-48-19-17-47(18-20-48)14-10-30-11-15-49(16-12-30)35-6-5-32-26-51(43(54)38(32)23-35)36(29-52)7-8-42(53)45-2/h5-6,21-23,28-30,36,46,56-58H,4,7-20,24-27H2,1-3H3,(H,45,53). The number of aryl methyl sites for hydroxylation is 1. The van der Waals surface area contributed by atoms with Gasteiger partial charge in [-0.1, -0.05) is 19.1 Å². The fourth-order valence-corrected chi connectivity index (χ4v) is 9.78. The molecule has 5 aliphatic rings. The summed E-state index contributed by atoms with van der Waals surface area (Å²) in [7, 11) is 3.38. The number of carbonyl (C=O) groups excluding carboxylic acids is 3. The quantitative estimate of drug-likeness (QED) is 0.0956. The normalized spacial score (nSPS) is 20.2. The molecule has 2 amide bonds. The number of fused-ring (bicyclic) bond motifs is 1. The molecule has 58 heavy (non-hydrogen) atoms. The van der Waals surface area contributed by atoms with E-state index < -0.39 is 9.58 Å². The Hall–Kier alpha value is -3.14. The molecular weight excluding hydrogens is 787 g/mol. The number of ether oxygens (including phenoxy) is 1. The second-order valence-electron chi connectivity index (χ2n) is 16.5. The largest absolute Gasteiger partial charge is 0.496 e. The molecule has 0 aromatic heterocycles. The first kappa shape index (κ1) is 43.0. The molecule has 1 atom stereocenters. The Morgan fingerprint density at radius 3 is 2.50 bits per heavy atom. The Morgan fingerprint density at radius 1 is 1.05 bits per heavy atom. The van der Waals surface area contributed by atoms with Crippen molar-refractivity contribution in [3.63, 3.8) is 0 Å². The lowest BCUT2D eigenvalue weighted by atomic mass is 9.86. The van der Waals surface area contributed by atoms with E-state index in [4.69, 9.17) is 4.74 Å². The van der Waals surface area contributed by atoms with Crippen LogP contribution in [0, 0.1) is 5.92 Å². The molecular formula is C44H61N7O4S3. The second-order valence-corrected chi connectivity index (χ2v) is 19.5. The monoisotopic (exact) mass is 847 g/mol. The predicted octanol–water partition coefficient (Wildman–Crippen LogP) is 5.08. The van der Waals surface area contributed by atoms with E-state index in [1.54, 1.807) is 19.1 Å². The third-order valence-electron chi connectivity index (χ3n) is 13.0. The van der Waals surface area contributed by atoms with Crippen LogP contribution in [0.1, 0.15) is 78.1 Å². The van der Waals surface area contributed by atoms with E-state index in [2.05, 4.69) is 99.4 Å². The van der Waals surface area contributed by atoms with Gasteiger partial charge in [0.15, 0.2) is 3.54 Å². The molecule has 0 spiro atoms. The summed E-state index contributed by atoms with van der Waals surface area (Å²) in [4.78, 5) is 48.3. The second kappa shape index (κ2) is 19.1. The number of methoxy groups -OCH3 is 1. The van der Waals surface area contributed by atoms with Crippen LogP contribution < -0.4 is 20.3 Å². The van der Waals surface area contributed by atoms with E-state index in [9.17, 15) is 14.4 Å². The Kier molecular flexibility index (Phi) is 14.1. The molecule has 2 N–H and O–H groups in total. The molecule has 0 saturated carbocycles. The molecule has 2 aromatic rings. The van der Waals surface area contributed by atoms with E-state index in [0.29, 0.717) is 24.4 Å². The van der Waals surface area contributed by atoms with Gasteiger partial charge in [-0.2, -0.15) is 0 Å². The van der Waals surface area contributed by atoms with Gasteiger partial charge in [-0.05, 0) is 104 Å². The molecule has 2 fully saturated rings. The summed E-state index contributed by atoms with van der Waals surface area (Å²) in [5.74, 6) is 1.40. The zero-order chi connectivity index (χ0) is 41.0. The Bertz CT molecular complexity index is 1870. The minimum Gasteiger partial charge on any atom is -0.496 e. The zero-order valence-corrected chi connectivity index (χ0v) is 37.0. The Labute approximate surface area is 361 Å². The number of piperazine rings is 1. The number of hydrogen-bond donors (Lipinski definition) is 5.